The Bertz CT molecular complexity index is 339. The summed E-state index contributed by atoms with van der Waals surface area (Å²) in [6.45, 7) is 6.59. The number of nitrogens with one attached hydrogen (secondary N) is 2. The van der Waals surface area contributed by atoms with Gasteiger partial charge in [-0.05, 0) is 38.1 Å². The molecule has 0 aliphatic carbocycles. The second-order valence-corrected chi connectivity index (χ2v) is 3.71. The van der Waals surface area contributed by atoms with Crippen LogP contribution in [0.3, 0.4) is 0 Å². The van der Waals surface area contributed by atoms with Gasteiger partial charge in [0, 0.05) is 18.9 Å². The Balaban J connectivity index is 2.30. The molecule has 4 nitrogen and oxygen atoms in total. The van der Waals surface area contributed by atoms with Crippen LogP contribution in [0.2, 0.25) is 0 Å². The predicted molar refractivity (Wildman–Crippen MR) is 64.5 cm³/mol. The fraction of sp³-hybridized carbons (Fsp3) is 0.500. The molecule has 1 rings (SSSR count). The Kier molecular flexibility index (Phi) is 5.50. The van der Waals surface area contributed by atoms with Crippen molar-refractivity contribution in [3.8, 4) is 0 Å². The zero-order chi connectivity index (χ0) is 11.8. The van der Waals surface area contributed by atoms with Crippen molar-refractivity contribution in [2.24, 2.45) is 0 Å². The first-order chi connectivity index (χ1) is 7.74. The lowest BCUT2D eigenvalue weighted by Crippen LogP contribution is -2.27. The minimum Gasteiger partial charge on any atom is -0.352 e. The molecule has 1 amide bonds. The number of pyridine rings is 1. The lowest BCUT2D eigenvalue weighted by molar-refractivity contribution is 0.0953. The van der Waals surface area contributed by atoms with Gasteiger partial charge in [0.05, 0.1) is 5.56 Å². The highest BCUT2D eigenvalue weighted by Gasteiger charge is 2.04. The molecule has 1 aromatic rings. The van der Waals surface area contributed by atoms with E-state index in [-0.39, 0.29) is 5.91 Å². The summed E-state index contributed by atoms with van der Waals surface area (Å²) in [6, 6.07) is 1.84. The van der Waals surface area contributed by atoms with Crippen LogP contribution in [-0.2, 0) is 0 Å². The maximum Gasteiger partial charge on any atom is 0.252 e. The van der Waals surface area contributed by atoms with Crippen LogP contribution in [0.5, 0.6) is 0 Å². The number of rotatable bonds is 6. The van der Waals surface area contributed by atoms with Crippen LogP contribution in [0, 0.1) is 6.92 Å². The van der Waals surface area contributed by atoms with Crippen LogP contribution < -0.4 is 10.6 Å². The molecule has 2 N–H and O–H groups in total. The van der Waals surface area contributed by atoms with Gasteiger partial charge in [-0.25, -0.2) is 0 Å². The summed E-state index contributed by atoms with van der Waals surface area (Å²) >= 11 is 0. The number of carbonyl (C=O) groups is 1. The molecule has 1 heterocycles. The highest BCUT2D eigenvalue weighted by atomic mass is 16.1. The lowest BCUT2D eigenvalue weighted by Gasteiger charge is -2.05. The number of carbonyl (C=O) groups excluding carboxylic acids is 1. The highest BCUT2D eigenvalue weighted by Crippen LogP contribution is 2.00. The molecule has 0 saturated heterocycles. The van der Waals surface area contributed by atoms with E-state index in [2.05, 4.69) is 22.5 Å². The summed E-state index contributed by atoms with van der Waals surface area (Å²) < 4.78 is 0. The van der Waals surface area contributed by atoms with Crippen molar-refractivity contribution in [2.45, 2.75) is 20.3 Å². The van der Waals surface area contributed by atoms with E-state index in [0.29, 0.717) is 12.1 Å². The van der Waals surface area contributed by atoms with Gasteiger partial charge in [-0.1, -0.05) is 6.92 Å². The van der Waals surface area contributed by atoms with Crippen LogP contribution in [0.25, 0.3) is 0 Å². The molecule has 88 valence electrons. The SMILES string of the molecule is CCNCCCNC(=O)c1cncc(C)c1. The number of amides is 1. The van der Waals surface area contributed by atoms with Crippen molar-refractivity contribution in [3.05, 3.63) is 29.6 Å². The molecule has 0 fully saturated rings. The van der Waals surface area contributed by atoms with Crippen molar-refractivity contribution in [2.75, 3.05) is 19.6 Å². The highest BCUT2D eigenvalue weighted by molar-refractivity contribution is 5.93. The summed E-state index contributed by atoms with van der Waals surface area (Å²) in [5.41, 5.74) is 1.63. The van der Waals surface area contributed by atoms with E-state index in [0.717, 1.165) is 25.1 Å². The molecule has 1 aromatic heterocycles. The topological polar surface area (TPSA) is 54.0 Å². The number of hydrogen-bond donors (Lipinski definition) is 2. The van der Waals surface area contributed by atoms with Crippen molar-refractivity contribution >= 4 is 5.91 Å². The minimum atomic E-state index is -0.0484. The normalized spacial score (nSPS) is 10.1. The van der Waals surface area contributed by atoms with E-state index in [1.807, 2.05) is 13.0 Å². The Labute approximate surface area is 96.5 Å². The first kappa shape index (κ1) is 12.6. The standard InChI is InChI=1S/C12H19N3O/c1-3-13-5-4-6-15-12(16)11-7-10(2)8-14-9-11/h7-9,13H,3-6H2,1-2H3,(H,15,16). The van der Waals surface area contributed by atoms with Crippen LogP contribution in [0.4, 0.5) is 0 Å². The fourth-order valence-electron chi connectivity index (χ4n) is 1.37. The summed E-state index contributed by atoms with van der Waals surface area (Å²) in [5, 5.41) is 6.07. The van der Waals surface area contributed by atoms with E-state index < -0.39 is 0 Å². The van der Waals surface area contributed by atoms with Crippen molar-refractivity contribution in [1.82, 2.24) is 15.6 Å². The summed E-state index contributed by atoms with van der Waals surface area (Å²) in [7, 11) is 0. The summed E-state index contributed by atoms with van der Waals surface area (Å²) in [6.07, 6.45) is 4.27. The predicted octanol–water partition coefficient (Wildman–Crippen LogP) is 1.12. The molecule has 0 spiro atoms. The van der Waals surface area contributed by atoms with Crippen LogP contribution in [0.1, 0.15) is 29.3 Å². The quantitative estimate of drug-likeness (QED) is 0.708. The third kappa shape index (κ3) is 4.40. The number of nitrogens with zero attached hydrogens (tertiary/aromatic N) is 1. The second kappa shape index (κ2) is 6.95. The molecular weight excluding hydrogens is 202 g/mol. The monoisotopic (exact) mass is 221 g/mol. The van der Waals surface area contributed by atoms with Gasteiger partial charge in [0.2, 0.25) is 0 Å². The third-order valence-corrected chi connectivity index (χ3v) is 2.20. The number of aromatic nitrogens is 1. The lowest BCUT2D eigenvalue weighted by atomic mass is 10.2. The van der Waals surface area contributed by atoms with Gasteiger partial charge >= 0.3 is 0 Å². The average Bonchev–Trinajstić information content (AvgIpc) is 2.28. The molecule has 0 aliphatic rings. The van der Waals surface area contributed by atoms with E-state index in [9.17, 15) is 4.79 Å². The smallest absolute Gasteiger partial charge is 0.252 e. The molecule has 0 saturated carbocycles. The molecule has 16 heavy (non-hydrogen) atoms. The fourth-order valence-corrected chi connectivity index (χ4v) is 1.37. The molecular formula is C12H19N3O. The van der Waals surface area contributed by atoms with E-state index in [1.165, 1.54) is 0 Å². The van der Waals surface area contributed by atoms with Crippen molar-refractivity contribution in [3.63, 3.8) is 0 Å². The van der Waals surface area contributed by atoms with Gasteiger partial charge < -0.3 is 10.6 Å². The Morgan fingerprint density at radius 3 is 2.88 bits per heavy atom. The molecule has 0 radical (unpaired) electrons. The van der Waals surface area contributed by atoms with Crippen LogP contribution >= 0.6 is 0 Å². The minimum absolute atomic E-state index is 0.0484. The molecule has 0 unspecified atom stereocenters. The van der Waals surface area contributed by atoms with E-state index >= 15 is 0 Å². The largest absolute Gasteiger partial charge is 0.352 e. The number of hydrogen-bond acceptors (Lipinski definition) is 3. The maximum atomic E-state index is 11.7. The van der Waals surface area contributed by atoms with E-state index in [1.54, 1.807) is 12.4 Å². The molecule has 0 aliphatic heterocycles. The van der Waals surface area contributed by atoms with Gasteiger partial charge in [-0.2, -0.15) is 0 Å². The third-order valence-electron chi connectivity index (χ3n) is 2.20. The zero-order valence-electron chi connectivity index (χ0n) is 9.92. The zero-order valence-corrected chi connectivity index (χ0v) is 9.92. The Hall–Kier alpha value is -1.42. The summed E-state index contributed by atoms with van der Waals surface area (Å²) in [5.74, 6) is -0.0484. The average molecular weight is 221 g/mol. The molecule has 4 heteroatoms. The van der Waals surface area contributed by atoms with E-state index in [4.69, 9.17) is 0 Å². The molecule has 0 aromatic carbocycles. The maximum absolute atomic E-state index is 11.7. The number of aryl methyl sites for hydroxylation is 1. The molecule has 0 atom stereocenters. The van der Waals surface area contributed by atoms with Gasteiger partial charge in [0.15, 0.2) is 0 Å². The second-order valence-electron chi connectivity index (χ2n) is 3.71. The summed E-state index contributed by atoms with van der Waals surface area (Å²) in [4.78, 5) is 15.6. The van der Waals surface area contributed by atoms with Crippen molar-refractivity contribution in [1.29, 1.82) is 0 Å². The molecule has 0 bridgehead atoms. The van der Waals surface area contributed by atoms with Crippen molar-refractivity contribution < 1.29 is 4.79 Å². The Morgan fingerprint density at radius 2 is 2.19 bits per heavy atom. The van der Waals surface area contributed by atoms with Gasteiger partial charge in [-0.15, -0.1) is 0 Å². The van der Waals surface area contributed by atoms with Gasteiger partial charge in [0.25, 0.3) is 5.91 Å². The van der Waals surface area contributed by atoms with Crippen LogP contribution in [0.15, 0.2) is 18.5 Å². The first-order valence-electron chi connectivity index (χ1n) is 5.64. The van der Waals surface area contributed by atoms with Crippen LogP contribution in [-0.4, -0.2) is 30.5 Å². The first-order valence-corrected chi connectivity index (χ1v) is 5.64. The Morgan fingerprint density at radius 1 is 1.38 bits per heavy atom. The van der Waals surface area contributed by atoms with Gasteiger partial charge in [0.1, 0.15) is 0 Å². The van der Waals surface area contributed by atoms with Gasteiger partial charge in [-0.3, -0.25) is 9.78 Å².